The number of nitrogens with zero attached hydrogens (tertiary/aromatic N) is 3. The van der Waals surface area contributed by atoms with Gasteiger partial charge in [-0.15, -0.1) is 5.10 Å². The lowest BCUT2D eigenvalue weighted by Gasteiger charge is -2.31. The number of carbonyl (C=O) groups is 1. The van der Waals surface area contributed by atoms with Crippen LogP contribution in [0.15, 0.2) is 48.5 Å². The van der Waals surface area contributed by atoms with Crippen molar-refractivity contribution in [3.8, 4) is 5.75 Å². The van der Waals surface area contributed by atoms with E-state index in [1.807, 2.05) is 24.3 Å². The van der Waals surface area contributed by atoms with Gasteiger partial charge in [0.05, 0.1) is 19.2 Å². The number of rotatable bonds is 5. The third-order valence-electron chi connectivity index (χ3n) is 5.03. The summed E-state index contributed by atoms with van der Waals surface area (Å²) >= 11 is 0. The Kier molecular flexibility index (Phi) is 5.16. The van der Waals surface area contributed by atoms with Gasteiger partial charge in [0, 0.05) is 6.42 Å². The number of nitrogens with one attached hydrogen (secondary N) is 2. The third kappa shape index (κ3) is 3.91. The van der Waals surface area contributed by atoms with Crippen molar-refractivity contribution in [2.24, 2.45) is 0 Å². The molecule has 3 aromatic rings. The number of halogens is 1. The summed E-state index contributed by atoms with van der Waals surface area (Å²) < 4.78 is 20.4. The van der Waals surface area contributed by atoms with Gasteiger partial charge in [-0.1, -0.05) is 31.2 Å². The molecule has 7 nitrogen and oxygen atoms in total. The smallest absolute Gasteiger partial charge is 0.250 e. The average molecular weight is 395 g/mol. The van der Waals surface area contributed by atoms with E-state index in [4.69, 9.17) is 4.74 Å². The summed E-state index contributed by atoms with van der Waals surface area (Å²) in [6, 6.07) is 14.0. The van der Waals surface area contributed by atoms with Gasteiger partial charge >= 0.3 is 0 Å². The zero-order valence-electron chi connectivity index (χ0n) is 16.2. The van der Waals surface area contributed by atoms with Crippen LogP contribution in [0, 0.1) is 5.82 Å². The van der Waals surface area contributed by atoms with Crippen LogP contribution in [0.3, 0.4) is 0 Å². The number of hydrogen-bond acceptors (Lipinski definition) is 5. The van der Waals surface area contributed by atoms with Crippen molar-refractivity contribution in [2.75, 3.05) is 17.7 Å². The molecule has 0 bridgehead atoms. The summed E-state index contributed by atoms with van der Waals surface area (Å²) in [5, 5.41) is 10.6. The summed E-state index contributed by atoms with van der Waals surface area (Å²) in [5.74, 6) is 1.15. The van der Waals surface area contributed by atoms with Gasteiger partial charge in [0.1, 0.15) is 11.6 Å². The van der Waals surface area contributed by atoms with E-state index < -0.39 is 0 Å². The number of ether oxygens (including phenoxy) is 1. The van der Waals surface area contributed by atoms with Gasteiger partial charge in [0.15, 0.2) is 0 Å². The Balaban J connectivity index is 1.70. The van der Waals surface area contributed by atoms with E-state index in [1.165, 1.54) is 12.1 Å². The van der Waals surface area contributed by atoms with E-state index in [-0.39, 0.29) is 29.8 Å². The first-order chi connectivity index (χ1) is 14.1. The van der Waals surface area contributed by atoms with Crippen LogP contribution in [0.25, 0.3) is 0 Å². The quantitative estimate of drug-likeness (QED) is 0.684. The van der Waals surface area contributed by atoms with Crippen molar-refractivity contribution in [1.29, 1.82) is 0 Å². The highest BCUT2D eigenvalue weighted by Gasteiger charge is 2.31. The number of methoxy groups -OCH3 is 1. The second-order valence-electron chi connectivity index (χ2n) is 6.88. The average Bonchev–Trinajstić information content (AvgIpc) is 3.16. The van der Waals surface area contributed by atoms with E-state index in [9.17, 15) is 9.18 Å². The maximum Gasteiger partial charge on any atom is 0.250 e. The normalized spacial score (nSPS) is 17.9. The second-order valence-corrected chi connectivity index (χ2v) is 6.88. The molecule has 1 aromatic heterocycles. The Hall–Kier alpha value is -3.42. The first kappa shape index (κ1) is 18.9. The minimum absolute atomic E-state index is 0.0256. The van der Waals surface area contributed by atoms with E-state index in [1.54, 1.807) is 30.8 Å². The van der Waals surface area contributed by atoms with E-state index in [2.05, 4.69) is 20.7 Å². The largest absolute Gasteiger partial charge is 0.497 e. The molecule has 29 heavy (non-hydrogen) atoms. The van der Waals surface area contributed by atoms with Crippen LogP contribution in [0.2, 0.25) is 0 Å². The summed E-state index contributed by atoms with van der Waals surface area (Å²) in [4.78, 5) is 16.2. The molecule has 2 aromatic carbocycles. The lowest BCUT2D eigenvalue weighted by atomic mass is 9.93. The van der Waals surface area contributed by atoms with Crippen molar-refractivity contribution < 1.29 is 13.9 Å². The Bertz CT molecular complexity index is 1000. The fourth-order valence-corrected chi connectivity index (χ4v) is 3.46. The molecule has 0 spiro atoms. The van der Waals surface area contributed by atoms with E-state index in [0.717, 1.165) is 16.9 Å². The van der Waals surface area contributed by atoms with Crippen molar-refractivity contribution in [2.45, 2.75) is 31.8 Å². The van der Waals surface area contributed by atoms with Crippen LogP contribution in [0.5, 0.6) is 5.75 Å². The molecule has 2 unspecified atom stereocenters. The fraction of sp³-hybridized carbons (Fsp3) is 0.286. The SMILES string of the molecule is CCC(=O)Nc1nc2n(n1)C(c1ccc(F)cc1)CC(c1ccc(OC)cc1)N2. The van der Waals surface area contributed by atoms with Gasteiger partial charge in [-0.2, -0.15) is 4.98 Å². The predicted octanol–water partition coefficient (Wildman–Crippen LogP) is 3.92. The summed E-state index contributed by atoms with van der Waals surface area (Å²) in [6.45, 7) is 1.77. The Labute approximate surface area is 167 Å². The van der Waals surface area contributed by atoms with Crippen LogP contribution in [0.4, 0.5) is 16.3 Å². The lowest BCUT2D eigenvalue weighted by molar-refractivity contribution is -0.115. The molecule has 1 aliphatic rings. The molecule has 8 heteroatoms. The highest BCUT2D eigenvalue weighted by atomic mass is 19.1. The number of benzene rings is 2. The molecule has 150 valence electrons. The molecule has 2 heterocycles. The van der Waals surface area contributed by atoms with E-state index in [0.29, 0.717) is 18.8 Å². The summed E-state index contributed by atoms with van der Waals surface area (Å²) in [6.07, 6.45) is 1.03. The molecule has 0 saturated heterocycles. The van der Waals surface area contributed by atoms with Gasteiger partial charge < -0.3 is 10.1 Å². The molecule has 2 atom stereocenters. The van der Waals surface area contributed by atoms with Crippen LogP contribution in [-0.2, 0) is 4.79 Å². The maximum absolute atomic E-state index is 13.4. The molecule has 2 N–H and O–H groups in total. The van der Waals surface area contributed by atoms with Crippen molar-refractivity contribution in [3.05, 3.63) is 65.5 Å². The number of aromatic nitrogens is 3. The number of carbonyl (C=O) groups excluding carboxylic acids is 1. The standard InChI is InChI=1S/C21H22FN5O2/c1-3-19(28)24-20-25-21-23-17(13-6-10-16(29-2)11-7-13)12-18(27(21)26-20)14-4-8-15(22)9-5-14/h4-11,17-18H,3,12H2,1-2H3,(H2,23,24,25,26,28). The number of anilines is 2. The summed E-state index contributed by atoms with van der Waals surface area (Å²) in [5.41, 5.74) is 2.00. The van der Waals surface area contributed by atoms with Crippen LogP contribution < -0.4 is 15.4 Å². The second kappa shape index (κ2) is 7.90. The first-order valence-electron chi connectivity index (χ1n) is 9.49. The fourth-order valence-electron chi connectivity index (χ4n) is 3.46. The highest BCUT2D eigenvalue weighted by molar-refractivity contribution is 5.88. The molecule has 1 aliphatic heterocycles. The van der Waals surface area contributed by atoms with Gasteiger partial charge in [-0.25, -0.2) is 9.07 Å². The Morgan fingerprint density at radius 2 is 1.90 bits per heavy atom. The van der Waals surface area contributed by atoms with Gasteiger partial charge in [-0.3, -0.25) is 10.1 Å². The maximum atomic E-state index is 13.4. The molecular formula is C21H22FN5O2. The Morgan fingerprint density at radius 1 is 1.21 bits per heavy atom. The zero-order chi connectivity index (χ0) is 20.4. The molecule has 4 rings (SSSR count). The topological polar surface area (TPSA) is 81.1 Å². The van der Waals surface area contributed by atoms with Crippen LogP contribution >= 0.6 is 0 Å². The molecular weight excluding hydrogens is 373 g/mol. The number of hydrogen-bond donors (Lipinski definition) is 2. The molecule has 0 saturated carbocycles. The summed E-state index contributed by atoms with van der Waals surface area (Å²) in [7, 11) is 1.63. The van der Waals surface area contributed by atoms with Crippen LogP contribution in [-0.4, -0.2) is 27.8 Å². The van der Waals surface area contributed by atoms with E-state index >= 15 is 0 Å². The van der Waals surface area contributed by atoms with Crippen molar-refractivity contribution >= 4 is 17.8 Å². The van der Waals surface area contributed by atoms with Crippen LogP contribution in [0.1, 0.15) is 43.0 Å². The third-order valence-corrected chi connectivity index (χ3v) is 5.03. The first-order valence-corrected chi connectivity index (χ1v) is 9.49. The molecule has 0 aliphatic carbocycles. The van der Waals surface area contributed by atoms with Gasteiger partial charge in [0.2, 0.25) is 11.9 Å². The molecule has 0 fully saturated rings. The highest BCUT2D eigenvalue weighted by Crippen LogP contribution is 2.38. The van der Waals surface area contributed by atoms with Gasteiger partial charge in [-0.05, 0) is 41.8 Å². The monoisotopic (exact) mass is 395 g/mol. The van der Waals surface area contributed by atoms with Crippen molar-refractivity contribution in [3.63, 3.8) is 0 Å². The predicted molar refractivity (Wildman–Crippen MR) is 107 cm³/mol. The minimum Gasteiger partial charge on any atom is -0.497 e. The Morgan fingerprint density at radius 3 is 2.55 bits per heavy atom. The number of amides is 1. The zero-order valence-corrected chi connectivity index (χ0v) is 16.2. The van der Waals surface area contributed by atoms with Gasteiger partial charge in [0.25, 0.3) is 5.95 Å². The number of fused-ring (bicyclic) bond motifs is 1. The lowest BCUT2D eigenvalue weighted by Crippen LogP contribution is -2.28. The van der Waals surface area contributed by atoms with Crippen molar-refractivity contribution in [1.82, 2.24) is 14.8 Å². The molecule has 1 amide bonds. The molecule has 0 radical (unpaired) electrons. The minimum atomic E-state index is -0.288.